The van der Waals surface area contributed by atoms with Crippen molar-refractivity contribution in [2.24, 2.45) is 5.16 Å². The largest absolute Gasteiger partial charge is 0.491 e. The lowest BCUT2D eigenvalue weighted by Crippen LogP contribution is -2.40. The molecule has 0 saturated heterocycles. The van der Waals surface area contributed by atoms with Crippen LogP contribution in [0.3, 0.4) is 0 Å². The predicted molar refractivity (Wildman–Crippen MR) is 107 cm³/mol. The summed E-state index contributed by atoms with van der Waals surface area (Å²) >= 11 is 0. The van der Waals surface area contributed by atoms with Gasteiger partial charge in [0.1, 0.15) is 24.6 Å². The minimum Gasteiger partial charge on any atom is -0.491 e. The van der Waals surface area contributed by atoms with Crippen LogP contribution >= 0.6 is 0 Å². The zero-order valence-electron chi connectivity index (χ0n) is 15.4. The molecule has 5 nitrogen and oxygen atoms in total. The van der Waals surface area contributed by atoms with Gasteiger partial charge in [0, 0.05) is 26.1 Å². The molecule has 0 saturated carbocycles. The third-order valence-corrected chi connectivity index (χ3v) is 4.34. The van der Waals surface area contributed by atoms with E-state index in [9.17, 15) is 5.11 Å². The Morgan fingerprint density at radius 2 is 1.89 bits per heavy atom. The van der Waals surface area contributed by atoms with Crippen LogP contribution in [0.5, 0.6) is 5.75 Å². The topological polar surface area (TPSA) is 54.3 Å². The molecule has 0 bridgehead atoms. The van der Waals surface area contributed by atoms with E-state index in [4.69, 9.17) is 9.57 Å². The summed E-state index contributed by atoms with van der Waals surface area (Å²) in [7, 11) is 0. The first kappa shape index (κ1) is 19.1. The highest BCUT2D eigenvalue weighted by atomic mass is 16.6. The van der Waals surface area contributed by atoms with E-state index in [0.29, 0.717) is 19.6 Å². The molecule has 0 fully saturated rings. The number of rotatable bonds is 10. The van der Waals surface area contributed by atoms with Crippen molar-refractivity contribution in [2.75, 3.05) is 26.2 Å². The van der Waals surface area contributed by atoms with E-state index in [1.165, 1.54) is 0 Å². The van der Waals surface area contributed by atoms with Gasteiger partial charge in [0.2, 0.25) is 0 Å². The molecule has 1 aliphatic rings. The maximum atomic E-state index is 10.3. The van der Waals surface area contributed by atoms with Gasteiger partial charge in [0.05, 0.1) is 5.71 Å². The Bertz CT molecular complexity index is 734. The number of aliphatic hydroxyl groups is 1. The second kappa shape index (κ2) is 9.90. The number of nitrogens with zero attached hydrogens (tertiary/aromatic N) is 2. The van der Waals surface area contributed by atoms with Crippen molar-refractivity contribution in [1.82, 2.24) is 4.90 Å². The first-order valence-corrected chi connectivity index (χ1v) is 9.22. The molecule has 142 valence electrons. The third kappa shape index (κ3) is 5.94. The molecular weight excluding hydrogens is 340 g/mol. The van der Waals surface area contributed by atoms with E-state index in [1.54, 1.807) is 0 Å². The molecule has 2 aromatic rings. The maximum Gasteiger partial charge on any atom is 0.145 e. The summed E-state index contributed by atoms with van der Waals surface area (Å²) in [6.45, 7) is 5.89. The van der Waals surface area contributed by atoms with Crippen molar-refractivity contribution in [3.05, 3.63) is 78.9 Å². The molecule has 5 heteroatoms. The normalized spacial score (nSPS) is 17.3. The van der Waals surface area contributed by atoms with Crippen LogP contribution in [0.15, 0.2) is 78.5 Å². The summed E-state index contributed by atoms with van der Waals surface area (Å²) in [6.07, 6.45) is 1.97. The summed E-state index contributed by atoms with van der Waals surface area (Å²) in [4.78, 5) is 7.72. The molecule has 2 atom stereocenters. The number of aliphatic hydroxyl groups excluding tert-OH is 1. The van der Waals surface area contributed by atoms with E-state index < -0.39 is 6.10 Å². The summed E-state index contributed by atoms with van der Waals surface area (Å²) < 4.78 is 5.64. The van der Waals surface area contributed by atoms with Crippen LogP contribution in [0.25, 0.3) is 0 Å². The van der Waals surface area contributed by atoms with Gasteiger partial charge in [-0.3, -0.25) is 4.90 Å². The molecule has 0 unspecified atom stereocenters. The van der Waals surface area contributed by atoms with Crippen LogP contribution in [0.2, 0.25) is 0 Å². The van der Waals surface area contributed by atoms with E-state index in [0.717, 1.165) is 23.4 Å². The van der Waals surface area contributed by atoms with Gasteiger partial charge in [-0.1, -0.05) is 59.8 Å². The van der Waals surface area contributed by atoms with Gasteiger partial charge in [-0.05, 0) is 17.7 Å². The van der Waals surface area contributed by atoms with E-state index in [2.05, 4.69) is 16.6 Å². The second-order valence-corrected chi connectivity index (χ2v) is 6.62. The van der Waals surface area contributed by atoms with Gasteiger partial charge in [0.25, 0.3) is 0 Å². The van der Waals surface area contributed by atoms with Crippen LogP contribution in [0.4, 0.5) is 0 Å². The number of oxime groups is 1. The number of para-hydroxylation sites is 1. The molecule has 0 radical (unpaired) electrons. The zero-order valence-corrected chi connectivity index (χ0v) is 15.4. The van der Waals surface area contributed by atoms with Crippen molar-refractivity contribution in [2.45, 2.75) is 18.6 Å². The van der Waals surface area contributed by atoms with Gasteiger partial charge >= 0.3 is 0 Å². The smallest absolute Gasteiger partial charge is 0.145 e. The molecule has 0 amide bonds. The van der Waals surface area contributed by atoms with Crippen molar-refractivity contribution in [1.29, 1.82) is 0 Å². The Labute approximate surface area is 160 Å². The molecule has 0 spiro atoms. The molecular formula is C22H26N2O3. The highest BCUT2D eigenvalue weighted by molar-refractivity contribution is 6.01. The van der Waals surface area contributed by atoms with E-state index in [1.807, 2.05) is 66.7 Å². The zero-order chi connectivity index (χ0) is 18.9. The average Bonchev–Trinajstić information content (AvgIpc) is 3.16. The Kier molecular flexibility index (Phi) is 7.02. The van der Waals surface area contributed by atoms with Gasteiger partial charge < -0.3 is 14.7 Å². The van der Waals surface area contributed by atoms with Gasteiger partial charge in [-0.15, -0.1) is 6.58 Å². The van der Waals surface area contributed by atoms with Crippen molar-refractivity contribution in [3.8, 4) is 5.75 Å². The lowest BCUT2D eigenvalue weighted by Gasteiger charge is -2.25. The summed E-state index contributed by atoms with van der Waals surface area (Å²) in [5.74, 6) is 0.756. The first-order chi connectivity index (χ1) is 13.2. The summed E-state index contributed by atoms with van der Waals surface area (Å²) in [6, 6.07) is 19.6. The summed E-state index contributed by atoms with van der Waals surface area (Å²) in [5.41, 5.74) is 2.05. The molecule has 1 heterocycles. The van der Waals surface area contributed by atoms with E-state index >= 15 is 0 Å². The van der Waals surface area contributed by atoms with Gasteiger partial charge in [-0.25, -0.2) is 0 Å². The Morgan fingerprint density at radius 3 is 2.59 bits per heavy atom. The Balaban J connectivity index is 1.47. The predicted octanol–water partition coefficient (Wildman–Crippen LogP) is 3.11. The molecule has 1 N–H and O–H groups in total. The molecule has 0 aromatic heterocycles. The standard InChI is InChI=1S/C22H26N2O3/c1-2-13-24(15-19(25)17-26-20-11-7-4-8-12-20)16-21-14-22(23-27-21)18-9-5-3-6-10-18/h2-12,19,21,25H,1,13-17H2/t19-,21-/m1/s1. The second-order valence-electron chi connectivity index (χ2n) is 6.62. The van der Waals surface area contributed by atoms with Crippen molar-refractivity contribution >= 4 is 5.71 Å². The minimum atomic E-state index is -0.596. The SMILES string of the molecule is C=CCN(C[C@@H](O)COc1ccccc1)C[C@H]1CC(c2ccccc2)=NO1. The van der Waals surface area contributed by atoms with Gasteiger partial charge in [0.15, 0.2) is 0 Å². The van der Waals surface area contributed by atoms with Crippen molar-refractivity contribution in [3.63, 3.8) is 0 Å². The maximum absolute atomic E-state index is 10.3. The summed E-state index contributed by atoms with van der Waals surface area (Å²) in [5, 5.41) is 14.6. The van der Waals surface area contributed by atoms with Crippen LogP contribution in [-0.2, 0) is 4.84 Å². The monoisotopic (exact) mass is 366 g/mol. The van der Waals surface area contributed by atoms with Crippen LogP contribution in [0.1, 0.15) is 12.0 Å². The lowest BCUT2D eigenvalue weighted by atomic mass is 10.0. The highest BCUT2D eigenvalue weighted by Gasteiger charge is 2.25. The Hall–Kier alpha value is -2.63. The quantitative estimate of drug-likeness (QED) is 0.657. The average molecular weight is 366 g/mol. The highest BCUT2D eigenvalue weighted by Crippen LogP contribution is 2.18. The fourth-order valence-electron chi connectivity index (χ4n) is 3.08. The Morgan fingerprint density at radius 1 is 1.19 bits per heavy atom. The fourth-order valence-corrected chi connectivity index (χ4v) is 3.08. The third-order valence-electron chi connectivity index (χ3n) is 4.34. The van der Waals surface area contributed by atoms with Crippen LogP contribution in [0, 0.1) is 0 Å². The number of hydrogen-bond donors (Lipinski definition) is 1. The van der Waals surface area contributed by atoms with Crippen molar-refractivity contribution < 1.29 is 14.7 Å². The van der Waals surface area contributed by atoms with Crippen LogP contribution < -0.4 is 4.74 Å². The number of hydrogen-bond acceptors (Lipinski definition) is 5. The fraction of sp³-hybridized carbons (Fsp3) is 0.318. The number of benzene rings is 2. The molecule has 2 aromatic carbocycles. The number of ether oxygens (including phenoxy) is 1. The molecule has 3 rings (SSSR count). The minimum absolute atomic E-state index is 0.0256. The molecule has 27 heavy (non-hydrogen) atoms. The van der Waals surface area contributed by atoms with E-state index in [-0.39, 0.29) is 12.7 Å². The molecule has 0 aliphatic carbocycles. The van der Waals surface area contributed by atoms with Gasteiger partial charge in [-0.2, -0.15) is 0 Å². The van der Waals surface area contributed by atoms with Crippen LogP contribution in [-0.4, -0.2) is 54.2 Å². The first-order valence-electron chi connectivity index (χ1n) is 9.22. The lowest BCUT2D eigenvalue weighted by molar-refractivity contribution is 0.0283. The molecule has 1 aliphatic heterocycles.